The van der Waals surface area contributed by atoms with Crippen molar-refractivity contribution in [3.8, 4) is 11.1 Å². The smallest absolute Gasteiger partial charge is 0.160 e. The van der Waals surface area contributed by atoms with Crippen LogP contribution in [0.25, 0.3) is 76.5 Å². The van der Waals surface area contributed by atoms with Crippen LogP contribution in [-0.4, -0.2) is 0 Å². The first-order valence-corrected chi connectivity index (χ1v) is 20.3. The Kier molecular flexibility index (Phi) is 7.82. The van der Waals surface area contributed by atoms with Crippen molar-refractivity contribution in [2.45, 2.75) is 0 Å². The molecule has 0 atom stereocenters. The van der Waals surface area contributed by atoms with Gasteiger partial charge in [0.15, 0.2) is 5.58 Å². The van der Waals surface area contributed by atoms with E-state index < -0.39 is 0 Å². The lowest BCUT2D eigenvalue weighted by Crippen LogP contribution is -2.13. The molecule has 0 saturated carbocycles. The second-order valence-corrected chi connectivity index (χ2v) is 15.3. The summed E-state index contributed by atoms with van der Waals surface area (Å²) in [4.78, 5) is 4.71. The normalized spacial score (nSPS) is 11.7. The van der Waals surface area contributed by atoms with Gasteiger partial charge in [-0.15, -0.1) is 0 Å². The lowest BCUT2D eigenvalue weighted by molar-refractivity contribution is 0.669. The molecule has 12 aromatic rings. The summed E-state index contributed by atoms with van der Waals surface area (Å²) in [6.07, 6.45) is 0. The largest absolute Gasteiger partial charge is 0.456 e. The van der Waals surface area contributed by atoms with Gasteiger partial charge in [-0.1, -0.05) is 140 Å². The number of benzene rings is 10. The number of para-hydroxylation sites is 3. The molecule has 0 aliphatic carbocycles. The monoisotopic (exact) mass is 768 g/mol. The first-order valence-electron chi connectivity index (χ1n) is 20.3. The number of rotatable bonds is 7. The standard InChI is InChI=1S/C56H36N2O2/c1-3-14-37(15-4-1)38-26-29-41(30-27-38)57(40-17-5-2-6-18-40)42-19-13-20-43(34-42)58(44-31-33-54-50(35-44)46-22-9-11-24-52(46)59-54)55-48-32-28-39-16-7-8-21-45(39)49(48)36-51-47-23-10-12-25-53(47)60-56(51)55/h1-36H. The van der Waals surface area contributed by atoms with Crippen LogP contribution in [-0.2, 0) is 0 Å². The molecule has 0 aliphatic rings. The van der Waals surface area contributed by atoms with E-state index in [2.05, 4.69) is 210 Å². The van der Waals surface area contributed by atoms with Gasteiger partial charge in [0.25, 0.3) is 0 Å². The molecule has 4 heteroatoms. The van der Waals surface area contributed by atoms with Gasteiger partial charge >= 0.3 is 0 Å². The molecule has 10 aromatic carbocycles. The summed E-state index contributed by atoms with van der Waals surface area (Å²) in [6, 6.07) is 77.5. The van der Waals surface area contributed by atoms with Gasteiger partial charge < -0.3 is 18.6 Å². The van der Waals surface area contributed by atoms with Crippen LogP contribution in [0.4, 0.5) is 34.1 Å². The van der Waals surface area contributed by atoms with Crippen molar-refractivity contribution in [2.24, 2.45) is 0 Å². The highest BCUT2D eigenvalue weighted by Crippen LogP contribution is 2.49. The summed E-state index contributed by atoms with van der Waals surface area (Å²) < 4.78 is 13.3. The summed E-state index contributed by atoms with van der Waals surface area (Å²) in [5.74, 6) is 0. The van der Waals surface area contributed by atoms with Crippen LogP contribution in [0.15, 0.2) is 227 Å². The molecule has 0 amide bonds. The third-order valence-electron chi connectivity index (χ3n) is 11.8. The van der Waals surface area contributed by atoms with E-state index in [-0.39, 0.29) is 0 Å². The fourth-order valence-corrected chi connectivity index (χ4v) is 9.02. The van der Waals surface area contributed by atoms with Crippen molar-refractivity contribution in [3.05, 3.63) is 218 Å². The molecule has 0 bridgehead atoms. The third-order valence-corrected chi connectivity index (χ3v) is 11.8. The van der Waals surface area contributed by atoms with Crippen LogP contribution in [0.1, 0.15) is 0 Å². The minimum Gasteiger partial charge on any atom is -0.456 e. The molecule has 4 nitrogen and oxygen atoms in total. The van der Waals surface area contributed by atoms with Gasteiger partial charge in [-0.2, -0.15) is 0 Å². The predicted octanol–water partition coefficient (Wildman–Crippen LogP) is 16.4. The highest BCUT2D eigenvalue weighted by atomic mass is 16.3. The third kappa shape index (κ3) is 5.53. The summed E-state index contributed by atoms with van der Waals surface area (Å²) in [6.45, 7) is 0. The molecule has 0 aliphatic heterocycles. The van der Waals surface area contributed by atoms with E-state index in [0.29, 0.717) is 0 Å². The predicted molar refractivity (Wildman–Crippen MR) is 251 cm³/mol. The number of hydrogen-bond acceptors (Lipinski definition) is 4. The number of furan rings is 2. The van der Waals surface area contributed by atoms with Crippen molar-refractivity contribution in [1.29, 1.82) is 0 Å². The van der Waals surface area contributed by atoms with Crippen LogP contribution >= 0.6 is 0 Å². The first-order chi connectivity index (χ1) is 29.7. The Balaban J connectivity index is 1.14. The fraction of sp³-hybridized carbons (Fsp3) is 0. The molecular weight excluding hydrogens is 733 g/mol. The summed E-state index contributed by atoms with van der Waals surface area (Å²) in [5, 5.41) is 8.95. The zero-order valence-corrected chi connectivity index (χ0v) is 32.5. The van der Waals surface area contributed by atoms with E-state index in [0.717, 1.165) is 83.4 Å². The van der Waals surface area contributed by atoms with Crippen LogP contribution in [0.3, 0.4) is 0 Å². The van der Waals surface area contributed by atoms with Crippen molar-refractivity contribution in [1.82, 2.24) is 0 Å². The molecule has 2 aromatic heterocycles. The maximum atomic E-state index is 6.96. The number of nitrogens with zero attached hydrogens (tertiary/aromatic N) is 2. The molecular formula is C56H36N2O2. The fourth-order valence-electron chi connectivity index (χ4n) is 9.02. The Morgan fingerprint density at radius 3 is 1.60 bits per heavy atom. The highest BCUT2D eigenvalue weighted by Gasteiger charge is 2.25. The average molecular weight is 769 g/mol. The molecule has 2 heterocycles. The number of anilines is 6. The topological polar surface area (TPSA) is 32.8 Å². The molecule has 0 radical (unpaired) electrons. The summed E-state index contributed by atoms with van der Waals surface area (Å²) in [7, 11) is 0. The quantitative estimate of drug-likeness (QED) is 0.151. The van der Waals surface area contributed by atoms with E-state index >= 15 is 0 Å². The maximum absolute atomic E-state index is 6.96. The lowest BCUT2D eigenvalue weighted by atomic mass is 9.97. The van der Waals surface area contributed by atoms with Gasteiger partial charge in [0.2, 0.25) is 0 Å². The van der Waals surface area contributed by atoms with Crippen LogP contribution < -0.4 is 9.80 Å². The molecule has 0 N–H and O–H groups in total. The molecule has 0 fully saturated rings. The van der Waals surface area contributed by atoms with Gasteiger partial charge in [0.1, 0.15) is 16.7 Å². The second kappa shape index (κ2) is 13.8. The van der Waals surface area contributed by atoms with Gasteiger partial charge in [0.05, 0.1) is 5.69 Å². The molecule has 0 saturated heterocycles. The van der Waals surface area contributed by atoms with E-state index in [4.69, 9.17) is 8.83 Å². The zero-order chi connectivity index (χ0) is 39.6. The first kappa shape index (κ1) is 34.0. The van der Waals surface area contributed by atoms with Gasteiger partial charge in [0, 0.05) is 55.4 Å². The Morgan fingerprint density at radius 1 is 0.267 bits per heavy atom. The van der Waals surface area contributed by atoms with E-state index in [1.807, 2.05) is 18.2 Å². The summed E-state index contributed by atoms with van der Waals surface area (Å²) in [5.41, 5.74) is 11.9. The van der Waals surface area contributed by atoms with Gasteiger partial charge in [-0.3, -0.25) is 0 Å². The van der Waals surface area contributed by atoms with Crippen LogP contribution in [0, 0.1) is 0 Å². The van der Waals surface area contributed by atoms with Crippen molar-refractivity contribution in [2.75, 3.05) is 9.80 Å². The number of hydrogen-bond donors (Lipinski definition) is 0. The van der Waals surface area contributed by atoms with Gasteiger partial charge in [-0.25, -0.2) is 0 Å². The van der Waals surface area contributed by atoms with E-state index in [1.165, 1.54) is 27.3 Å². The second-order valence-electron chi connectivity index (χ2n) is 15.3. The van der Waals surface area contributed by atoms with E-state index in [1.54, 1.807) is 0 Å². The highest BCUT2D eigenvalue weighted by molar-refractivity contribution is 6.24. The number of fused-ring (bicyclic) bond motifs is 9. The average Bonchev–Trinajstić information content (AvgIpc) is 3.88. The molecule has 12 rings (SSSR count). The van der Waals surface area contributed by atoms with Gasteiger partial charge in [-0.05, 0) is 106 Å². The zero-order valence-electron chi connectivity index (χ0n) is 32.5. The molecule has 0 unspecified atom stereocenters. The van der Waals surface area contributed by atoms with Crippen LogP contribution in [0.2, 0.25) is 0 Å². The van der Waals surface area contributed by atoms with Crippen molar-refractivity contribution >= 4 is 99.5 Å². The minimum atomic E-state index is 0.831. The van der Waals surface area contributed by atoms with Crippen molar-refractivity contribution in [3.63, 3.8) is 0 Å². The lowest BCUT2D eigenvalue weighted by Gasteiger charge is -2.30. The Hall–Kier alpha value is -8.08. The van der Waals surface area contributed by atoms with Crippen LogP contribution in [0.5, 0.6) is 0 Å². The molecule has 0 spiro atoms. The maximum Gasteiger partial charge on any atom is 0.160 e. The Labute approximate surface area is 346 Å². The Bertz CT molecular complexity index is 3550. The molecule has 60 heavy (non-hydrogen) atoms. The summed E-state index contributed by atoms with van der Waals surface area (Å²) >= 11 is 0. The van der Waals surface area contributed by atoms with Crippen molar-refractivity contribution < 1.29 is 8.83 Å². The SMILES string of the molecule is c1ccc(-c2ccc(N(c3ccccc3)c3cccc(N(c4ccc5oc6ccccc6c5c4)c4c5ccc6ccccc6c5cc5c4oc4ccccc45)c3)cc2)cc1. The molecule has 282 valence electrons. The minimum absolute atomic E-state index is 0.831. The van der Waals surface area contributed by atoms with E-state index in [9.17, 15) is 0 Å². The Morgan fingerprint density at radius 2 is 0.817 bits per heavy atom.